The molecule has 5 nitrogen and oxygen atoms in total. The molecule has 0 saturated carbocycles. The molecule has 1 atom stereocenters. The molecule has 0 aliphatic carbocycles. The number of anilines is 1. The second-order valence-corrected chi connectivity index (χ2v) is 15.1. The molecule has 1 fully saturated rings. The molecule has 0 radical (unpaired) electrons. The molecule has 0 bridgehead atoms. The van der Waals surface area contributed by atoms with Crippen molar-refractivity contribution in [1.82, 2.24) is 0 Å². The third kappa shape index (κ3) is 4.40. The van der Waals surface area contributed by atoms with E-state index < -0.39 is 18.3 Å². The number of hydrogen-bond donors (Lipinski definition) is 1. The Morgan fingerprint density at radius 3 is 2.46 bits per heavy atom. The van der Waals surface area contributed by atoms with E-state index in [4.69, 9.17) is 9.56 Å². The van der Waals surface area contributed by atoms with E-state index in [9.17, 15) is 8.42 Å². The van der Waals surface area contributed by atoms with Crippen molar-refractivity contribution in [1.29, 1.82) is 0 Å². The monoisotopic (exact) mass is 434 g/mol. The molecule has 0 aromatic heterocycles. The summed E-state index contributed by atoms with van der Waals surface area (Å²) in [5.74, 6) is 0. The second-order valence-electron chi connectivity index (χ2n) is 7.89. The van der Waals surface area contributed by atoms with Gasteiger partial charge in [-0.1, -0.05) is 20.8 Å². The van der Waals surface area contributed by atoms with Crippen LogP contribution in [-0.4, -0.2) is 35.9 Å². The fourth-order valence-electron chi connectivity index (χ4n) is 2.56. The van der Waals surface area contributed by atoms with Gasteiger partial charge < -0.3 is 9.33 Å². The number of benzene rings is 1. The average Bonchev–Trinajstić information content (AvgIpc) is 2.83. The summed E-state index contributed by atoms with van der Waals surface area (Å²) in [6.45, 7) is 13.0. The van der Waals surface area contributed by atoms with Crippen LogP contribution in [0.15, 0.2) is 27.6 Å². The molecule has 24 heavy (non-hydrogen) atoms. The zero-order chi connectivity index (χ0) is 18.3. The van der Waals surface area contributed by atoms with Crippen LogP contribution < -0.4 is 10.0 Å². The number of halogens is 1. The summed E-state index contributed by atoms with van der Waals surface area (Å²) in [5, 5.41) is 5.38. The summed E-state index contributed by atoms with van der Waals surface area (Å²) in [6, 6.07) is 4.92. The maximum atomic E-state index is 11.4. The minimum absolute atomic E-state index is 0.117. The van der Waals surface area contributed by atoms with Crippen LogP contribution in [0.1, 0.15) is 27.2 Å². The number of sulfonamides is 1. The van der Waals surface area contributed by atoms with E-state index in [1.54, 1.807) is 18.2 Å². The molecule has 1 aliphatic heterocycles. The van der Waals surface area contributed by atoms with Gasteiger partial charge in [0, 0.05) is 17.6 Å². The summed E-state index contributed by atoms with van der Waals surface area (Å²) in [7, 11) is -5.47. The van der Waals surface area contributed by atoms with Crippen LogP contribution in [0.5, 0.6) is 0 Å². The lowest BCUT2D eigenvalue weighted by Gasteiger charge is -2.38. The van der Waals surface area contributed by atoms with E-state index in [0.717, 1.165) is 29.7 Å². The van der Waals surface area contributed by atoms with Crippen molar-refractivity contribution in [3.8, 4) is 0 Å². The van der Waals surface area contributed by atoms with Gasteiger partial charge in [-0.3, -0.25) is 0 Å². The van der Waals surface area contributed by atoms with Crippen LogP contribution in [0.2, 0.25) is 18.1 Å². The molecule has 136 valence electrons. The maximum Gasteiger partial charge on any atom is 0.238 e. The Kier molecular flexibility index (Phi) is 5.57. The van der Waals surface area contributed by atoms with Crippen molar-refractivity contribution in [3.05, 3.63) is 22.7 Å². The lowest BCUT2D eigenvalue weighted by atomic mass is 10.2. The first kappa shape index (κ1) is 19.9. The average molecular weight is 435 g/mol. The smallest absolute Gasteiger partial charge is 0.238 e. The second kappa shape index (κ2) is 6.72. The van der Waals surface area contributed by atoms with Crippen molar-refractivity contribution in [2.24, 2.45) is 5.14 Å². The van der Waals surface area contributed by atoms with Gasteiger partial charge in [-0.25, -0.2) is 13.6 Å². The summed E-state index contributed by atoms with van der Waals surface area (Å²) in [5.41, 5.74) is 0.976. The highest BCUT2D eigenvalue weighted by molar-refractivity contribution is 9.10. The van der Waals surface area contributed by atoms with E-state index in [1.165, 1.54) is 0 Å². The molecule has 1 aromatic rings. The van der Waals surface area contributed by atoms with Gasteiger partial charge in [0.25, 0.3) is 0 Å². The van der Waals surface area contributed by atoms with E-state index in [0.29, 0.717) is 0 Å². The predicted molar refractivity (Wildman–Crippen MR) is 104 cm³/mol. The van der Waals surface area contributed by atoms with Gasteiger partial charge in [0.1, 0.15) is 0 Å². The molecule has 1 heterocycles. The Bertz CT molecular complexity index is 717. The predicted octanol–water partition coefficient (Wildman–Crippen LogP) is 3.70. The van der Waals surface area contributed by atoms with Gasteiger partial charge in [-0.05, 0) is 58.7 Å². The van der Waals surface area contributed by atoms with Gasteiger partial charge in [-0.2, -0.15) is 0 Å². The lowest BCUT2D eigenvalue weighted by molar-refractivity contribution is 0.202. The highest BCUT2D eigenvalue weighted by Crippen LogP contribution is 2.39. The van der Waals surface area contributed by atoms with Gasteiger partial charge >= 0.3 is 0 Å². The molecule has 0 amide bonds. The van der Waals surface area contributed by atoms with Crippen LogP contribution in [0, 0.1) is 0 Å². The normalized spacial score (nSPS) is 19.8. The van der Waals surface area contributed by atoms with Crippen molar-refractivity contribution in [2.45, 2.75) is 56.3 Å². The first-order valence-electron chi connectivity index (χ1n) is 8.06. The third-order valence-electron chi connectivity index (χ3n) is 5.00. The van der Waals surface area contributed by atoms with Gasteiger partial charge in [-0.15, -0.1) is 0 Å². The van der Waals surface area contributed by atoms with Crippen molar-refractivity contribution in [2.75, 3.05) is 18.0 Å². The fraction of sp³-hybridized carbons (Fsp3) is 0.625. The lowest BCUT2D eigenvalue weighted by Crippen LogP contribution is -2.44. The van der Waals surface area contributed by atoms with Crippen LogP contribution >= 0.6 is 15.9 Å². The SMILES string of the molecule is CC(C)(C)[Si](C)(C)OC1CCN(c2ccc(S(N)(=O)=O)cc2Br)C1. The van der Waals surface area contributed by atoms with Crippen LogP contribution in [0.4, 0.5) is 5.69 Å². The molecule has 1 aromatic carbocycles. The molecule has 0 spiro atoms. The van der Waals surface area contributed by atoms with E-state index in [-0.39, 0.29) is 16.0 Å². The zero-order valence-corrected chi connectivity index (χ0v) is 18.4. The van der Waals surface area contributed by atoms with Crippen LogP contribution in [0.3, 0.4) is 0 Å². The number of nitrogens with zero attached hydrogens (tertiary/aromatic N) is 1. The molecule has 2 N–H and O–H groups in total. The van der Waals surface area contributed by atoms with Gasteiger partial charge in [0.15, 0.2) is 8.32 Å². The van der Waals surface area contributed by atoms with Gasteiger partial charge in [0.05, 0.1) is 16.7 Å². The molecule has 1 unspecified atom stereocenters. The summed E-state index contributed by atoms with van der Waals surface area (Å²) >= 11 is 3.47. The topological polar surface area (TPSA) is 72.6 Å². The van der Waals surface area contributed by atoms with Gasteiger partial charge in [0.2, 0.25) is 10.0 Å². The molecular weight excluding hydrogens is 408 g/mol. The maximum absolute atomic E-state index is 11.4. The Morgan fingerprint density at radius 1 is 1.33 bits per heavy atom. The molecule has 1 saturated heterocycles. The molecule has 8 heteroatoms. The standard InChI is InChI=1S/C16H27BrN2O3SSi/c1-16(2,3)24(4,5)22-12-8-9-19(11-12)15-7-6-13(10-14(15)17)23(18,20)21/h6-7,10,12H,8-9,11H2,1-5H3,(H2,18,20,21). The van der Waals surface area contributed by atoms with Crippen LogP contribution in [-0.2, 0) is 14.4 Å². The van der Waals surface area contributed by atoms with Crippen molar-refractivity contribution in [3.63, 3.8) is 0 Å². The Morgan fingerprint density at radius 2 is 1.96 bits per heavy atom. The fourth-order valence-corrected chi connectivity index (χ4v) is 5.26. The summed E-state index contributed by atoms with van der Waals surface area (Å²) in [6.07, 6.45) is 1.20. The number of rotatable bonds is 4. The Balaban J connectivity index is 2.12. The molecular formula is C16H27BrN2O3SSi. The van der Waals surface area contributed by atoms with Crippen LogP contribution in [0.25, 0.3) is 0 Å². The highest BCUT2D eigenvalue weighted by atomic mass is 79.9. The number of nitrogens with two attached hydrogens (primary N) is 1. The van der Waals surface area contributed by atoms with E-state index in [2.05, 4.69) is 54.7 Å². The molecule has 2 rings (SSSR count). The zero-order valence-electron chi connectivity index (χ0n) is 15.0. The Labute approximate surface area is 154 Å². The number of hydrogen-bond acceptors (Lipinski definition) is 4. The third-order valence-corrected chi connectivity index (χ3v) is 11.1. The summed E-state index contributed by atoms with van der Waals surface area (Å²) in [4.78, 5) is 2.35. The quantitative estimate of drug-likeness (QED) is 0.732. The highest BCUT2D eigenvalue weighted by Gasteiger charge is 2.40. The number of primary sulfonamides is 1. The van der Waals surface area contributed by atoms with Crippen molar-refractivity contribution < 1.29 is 12.8 Å². The largest absolute Gasteiger partial charge is 0.412 e. The summed E-state index contributed by atoms with van der Waals surface area (Å²) < 4.78 is 30.1. The van der Waals surface area contributed by atoms with Crippen molar-refractivity contribution >= 4 is 40.0 Å². The Hall–Kier alpha value is -0.413. The van der Waals surface area contributed by atoms with E-state index >= 15 is 0 Å². The first-order chi connectivity index (χ1) is 10.8. The first-order valence-corrected chi connectivity index (χ1v) is 13.3. The molecule has 1 aliphatic rings. The van der Waals surface area contributed by atoms with E-state index in [1.807, 2.05) is 0 Å². The minimum Gasteiger partial charge on any atom is -0.412 e. The minimum atomic E-state index is -3.68.